The molecule has 1 atom stereocenters. The standard InChI is InChI=1S/C12H21N3O5/c1-14(2)8-3-5-15(6-4-8)12(20)13-9(11(18)19)7-10(16)17/h8-9H,3-7H2,1-2H3,(H,13,20)(H,16,17)(H,18,19)/t9-/m1/s1. The van der Waals surface area contributed by atoms with Gasteiger partial charge in [-0.05, 0) is 26.9 Å². The number of aliphatic carboxylic acids is 2. The molecule has 0 bridgehead atoms. The monoisotopic (exact) mass is 287 g/mol. The number of carboxylic acid groups (broad SMARTS) is 2. The van der Waals surface area contributed by atoms with E-state index in [0.29, 0.717) is 19.1 Å². The highest BCUT2D eigenvalue weighted by molar-refractivity contribution is 5.86. The Balaban J connectivity index is 2.50. The Labute approximate surface area is 117 Å². The number of piperidine rings is 1. The first-order valence-electron chi connectivity index (χ1n) is 6.47. The fraction of sp³-hybridized carbons (Fsp3) is 0.750. The number of urea groups is 1. The molecule has 0 aliphatic carbocycles. The molecule has 0 aromatic carbocycles. The van der Waals surface area contributed by atoms with E-state index in [0.717, 1.165) is 12.8 Å². The fourth-order valence-electron chi connectivity index (χ4n) is 2.20. The van der Waals surface area contributed by atoms with Gasteiger partial charge >= 0.3 is 18.0 Å². The molecule has 0 spiro atoms. The number of hydrogen-bond acceptors (Lipinski definition) is 4. The molecule has 3 N–H and O–H groups in total. The minimum absolute atomic E-state index is 0.411. The molecule has 2 amide bonds. The van der Waals surface area contributed by atoms with Crippen LogP contribution in [0.5, 0.6) is 0 Å². The number of hydrogen-bond donors (Lipinski definition) is 3. The first kappa shape index (κ1) is 16.2. The Bertz CT molecular complexity index is 377. The normalized spacial score (nSPS) is 17.9. The SMILES string of the molecule is CN(C)C1CCN(C(=O)N[C@H](CC(=O)O)C(=O)O)CC1. The lowest BCUT2D eigenvalue weighted by Crippen LogP contribution is -2.52. The number of carbonyl (C=O) groups excluding carboxylic acids is 1. The molecule has 0 saturated carbocycles. The van der Waals surface area contributed by atoms with Crippen LogP contribution < -0.4 is 5.32 Å². The predicted octanol–water partition coefficient (Wildman–Crippen LogP) is -0.350. The van der Waals surface area contributed by atoms with Crippen LogP contribution in [0.3, 0.4) is 0 Å². The largest absolute Gasteiger partial charge is 0.481 e. The topological polar surface area (TPSA) is 110 Å². The van der Waals surface area contributed by atoms with E-state index < -0.39 is 30.4 Å². The van der Waals surface area contributed by atoms with E-state index in [9.17, 15) is 14.4 Å². The molecule has 1 aliphatic rings. The van der Waals surface area contributed by atoms with Gasteiger partial charge in [-0.2, -0.15) is 0 Å². The van der Waals surface area contributed by atoms with Crippen LogP contribution in [-0.2, 0) is 9.59 Å². The first-order valence-corrected chi connectivity index (χ1v) is 6.47. The van der Waals surface area contributed by atoms with E-state index >= 15 is 0 Å². The second-order valence-corrected chi connectivity index (χ2v) is 5.12. The van der Waals surface area contributed by atoms with Crippen molar-refractivity contribution >= 4 is 18.0 Å². The van der Waals surface area contributed by atoms with Gasteiger partial charge in [0, 0.05) is 19.1 Å². The number of nitrogens with one attached hydrogen (secondary N) is 1. The molecule has 1 aliphatic heterocycles. The Kier molecular flexibility index (Phi) is 5.75. The molecule has 8 heteroatoms. The third-order valence-corrected chi connectivity index (χ3v) is 3.46. The van der Waals surface area contributed by atoms with Crippen molar-refractivity contribution in [3.05, 3.63) is 0 Å². The van der Waals surface area contributed by atoms with Crippen LogP contribution in [0, 0.1) is 0 Å². The van der Waals surface area contributed by atoms with Gasteiger partial charge in [0.15, 0.2) is 0 Å². The van der Waals surface area contributed by atoms with Gasteiger partial charge in [0.1, 0.15) is 6.04 Å². The molecule has 0 radical (unpaired) electrons. The predicted molar refractivity (Wildman–Crippen MR) is 70.5 cm³/mol. The molecule has 1 rings (SSSR count). The van der Waals surface area contributed by atoms with Crippen LogP contribution in [-0.4, -0.2) is 77.3 Å². The molecule has 20 heavy (non-hydrogen) atoms. The zero-order valence-corrected chi connectivity index (χ0v) is 11.7. The van der Waals surface area contributed by atoms with Crippen LogP contribution >= 0.6 is 0 Å². The van der Waals surface area contributed by atoms with Crippen molar-refractivity contribution in [1.82, 2.24) is 15.1 Å². The average Bonchev–Trinajstić information content (AvgIpc) is 2.37. The van der Waals surface area contributed by atoms with E-state index in [1.165, 1.54) is 4.90 Å². The fourth-order valence-corrected chi connectivity index (χ4v) is 2.20. The van der Waals surface area contributed by atoms with Gasteiger partial charge in [-0.25, -0.2) is 9.59 Å². The highest BCUT2D eigenvalue weighted by Gasteiger charge is 2.28. The van der Waals surface area contributed by atoms with Gasteiger partial charge in [-0.3, -0.25) is 4.79 Å². The minimum Gasteiger partial charge on any atom is -0.481 e. The average molecular weight is 287 g/mol. The summed E-state index contributed by atoms with van der Waals surface area (Å²) in [6.45, 7) is 1.07. The molecule has 8 nitrogen and oxygen atoms in total. The van der Waals surface area contributed by atoms with E-state index in [2.05, 4.69) is 10.2 Å². The summed E-state index contributed by atoms with van der Waals surface area (Å²) in [5.74, 6) is -2.60. The van der Waals surface area contributed by atoms with Gasteiger partial charge in [-0.1, -0.05) is 0 Å². The van der Waals surface area contributed by atoms with Crippen molar-refractivity contribution in [2.24, 2.45) is 0 Å². The molecular weight excluding hydrogens is 266 g/mol. The van der Waals surface area contributed by atoms with Gasteiger partial charge in [-0.15, -0.1) is 0 Å². The number of rotatable bonds is 5. The van der Waals surface area contributed by atoms with Crippen LogP contribution in [0.15, 0.2) is 0 Å². The van der Waals surface area contributed by atoms with Crippen molar-refractivity contribution in [2.45, 2.75) is 31.3 Å². The van der Waals surface area contributed by atoms with Gasteiger partial charge in [0.2, 0.25) is 0 Å². The first-order chi connectivity index (χ1) is 9.31. The minimum atomic E-state index is -1.40. The summed E-state index contributed by atoms with van der Waals surface area (Å²) in [6.07, 6.45) is 1.00. The van der Waals surface area contributed by atoms with Gasteiger partial charge < -0.3 is 25.3 Å². The number of likely N-dealkylation sites (tertiary alicyclic amines) is 1. The Hall–Kier alpha value is -1.83. The van der Waals surface area contributed by atoms with Gasteiger partial charge in [0.25, 0.3) is 0 Å². The summed E-state index contributed by atoms with van der Waals surface area (Å²) < 4.78 is 0. The Morgan fingerprint density at radius 1 is 1.25 bits per heavy atom. The summed E-state index contributed by atoms with van der Waals surface area (Å²) in [5.41, 5.74) is 0. The number of nitrogens with zero attached hydrogens (tertiary/aromatic N) is 2. The smallest absolute Gasteiger partial charge is 0.326 e. The van der Waals surface area contributed by atoms with E-state index in [1.807, 2.05) is 14.1 Å². The maximum absolute atomic E-state index is 11.9. The van der Waals surface area contributed by atoms with Crippen LogP contribution in [0.4, 0.5) is 4.79 Å². The molecule has 0 aromatic heterocycles. The summed E-state index contributed by atoms with van der Waals surface area (Å²) in [7, 11) is 3.96. The van der Waals surface area contributed by atoms with Crippen LogP contribution in [0.2, 0.25) is 0 Å². The molecule has 1 saturated heterocycles. The van der Waals surface area contributed by atoms with Crippen molar-refractivity contribution < 1.29 is 24.6 Å². The lowest BCUT2D eigenvalue weighted by Gasteiger charge is -2.35. The Morgan fingerprint density at radius 2 is 1.80 bits per heavy atom. The maximum Gasteiger partial charge on any atom is 0.326 e. The molecular formula is C12H21N3O5. The third-order valence-electron chi connectivity index (χ3n) is 3.46. The highest BCUT2D eigenvalue weighted by Crippen LogP contribution is 2.14. The highest BCUT2D eigenvalue weighted by atomic mass is 16.4. The molecule has 114 valence electrons. The zero-order valence-electron chi connectivity index (χ0n) is 11.7. The second-order valence-electron chi connectivity index (χ2n) is 5.12. The summed E-state index contributed by atoms with van der Waals surface area (Å²) in [6, 6.07) is -1.50. The quantitative estimate of drug-likeness (QED) is 0.637. The van der Waals surface area contributed by atoms with Crippen molar-refractivity contribution in [3.63, 3.8) is 0 Å². The summed E-state index contributed by atoms with van der Waals surface area (Å²) in [5, 5.41) is 19.8. The second kappa shape index (κ2) is 7.09. The zero-order chi connectivity index (χ0) is 15.3. The summed E-state index contributed by atoms with van der Waals surface area (Å²) in [4.78, 5) is 37.0. The maximum atomic E-state index is 11.9. The molecule has 0 unspecified atom stereocenters. The van der Waals surface area contributed by atoms with E-state index in [1.54, 1.807) is 0 Å². The third kappa shape index (κ3) is 4.69. The van der Waals surface area contributed by atoms with E-state index in [-0.39, 0.29) is 0 Å². The van der Waals surface area contributed by atoms with E-state index in [4.69, 9.17) is 10.2 Å². The number of carbonyl (C=O) groups is 3. The number of carboxylic acids is 2. The van der Waals surface area contributed by atoms with Crippen LogP contribution in [0.1, 0.15) is 19.3 Å². The van der Waals surface area contributed by atoms with Gasteiger partial charge in [0.05, 0.1) is 6.42 Å². The molecule has 0 aromatic rings. The summed E-state index contributed by atoms with van der Waals surface area (Å²) >= 11 is 0. The lowest BCUT2D eigenvalue weighted by molar-refractivity contribution is -0.145. The van der Waals surface area contributed by atoms with Crippen molar-refractivity contribution in [3.8, 4) is 0 Å². The van der Waals surface area contributed by atoms with Crippen molar-refractivity contribution in [2.75, 3.05) is 27.2 Å². The lowest BCUT2D eigenvalue weighted by atomic mass is 10.0. The molecule has 1 heterocycles. The molecule has 1 fully saturated rings. The number of amides is 2. The van der Waals surface area contributed by atoms with Crippen LogP contribution in [0.25, 0.3) is 0 Å². The Morgan fingerprint density at radius 3 is 2.20 bits per heavy atom. The van der Waals surface area contributed by atoms with Crippen molar-refractivity contribution in [1.29, 1.82) is 0 Å².